The average Bonchev–Trinajstić information content (AvgIpc) is 2.35. The van der Waals surface area contributed by atoms with Crippen LogP contribution in [-0.2, 0) is 0 Å². The number of nitrogens with two attached hydrogens (primary N) is 1. The van der Waals surface area contributed by atoms with E-state index in [9.17, 15) is 0 Å². The highest BCUT2D eigenvalue weighted by atomic mass is 15.3. The Hall–Kier alpha value is -0.770. The second-order valence-electron chi connectivity index (χ2n) is 6.43. The summed E-state index contributed by atoms with van der Waals surface area (Å²) in [7, 11) is 0. The third-order valence-electron chi connectivity index (χ3n) is 4.29. The van der Waals surface area contributed by atoms with E-state index in [1.807, 2.05) is 0 Å². The quantitative estimate of drug-likeness (QED) is 0.312. The molecule has 0 aliphatic heterocycles. The van der Waals surface area contributed by atoms with Gasteiger partial charge in [-0.15, -0.1) is 0 Å². The Morgan fingerprint density at radius 2 is 1.89 bits per heavy atom. The second-order valence-corrected chi connectivity index (χ2v) is 6.43. The smallest absolute Gasteiger partial charge is 0.205 e. The van der Waals surface area contributed by atoms with E-state index in [1.165, 1.54) is 32.1 Å². The van der Waals surface area contributed by atoms with Crippen molar-refractivity contribution in [1.29, 1.82) is 0 Å². The number of hydrogen-bond acceptors (Lipinski definition) is 2. The number of hydrazine groups is 1. The first-order chi connectivity index (χ1) is 8.45. The van der Waals surface area contributed by atoms with Crippen LogP contribution in [0.15, 0.2) is 4.99 Å². The molecular formula is C14H30N4. The summed E-state index contributed by atoms with van der Waals surface area (Å²) in [5, 5.41) is 3.43. The predicted molar refractivity (Wildman–Crippen MR) is 78.3 cm³/mol. The number of nitrogens with one attached hydrogen (secondary N) is 2. The molecule has 0 aromatic heterocycles. The van der Waals surface area contributed by atoms with Crippen LogP contribution in [0.5, 0.6) is 0 Å². The molecule has 4 heteroatoms. The van der Waals surface area contributed by atoms with Crippen molar-refractivity contribution in [2.75, 3.05) is 6.54 Å². The highest BCUT2D eigenvalue weighted by Crippen LogP contribution is 2.26. The Balaban J connectivity index is 2.49. The molecule has 0 aromatic carbocycles. The summed E-state index contributed by atoms with van der Waals surface area (Å²) in [6, 6.07) is 0.538. The highest BCUT2D eigenvalue weighted by molar-refractivity contribution is 5.79. The molecule has 0 amide bonds. The van der Waals surface area contributed by atoms with Gasteiger partial charge in [0.25, 0.3) is 0 Å². The van der Waals surface area contributed by atoms with E-state index in [4.69, 9.17) is 5.84 Å². The lowest BCUT2D eigenvalue weighted by molar-refractivity contribution is 0.261. The van der Waals surface area contributed by atoms with E-state index in [-0.39, 0.29) is 5.41 Å². The number of rotatable bonds is 4. The zero-order chi connectivity index (χ0) is 13.6. The van der Waals surface area contributed by atoms with Gasteiger partial charge in [0.2, 0.25) is 5.96 Å². The molecule has 0 saturated heterocycles. The van der Waals surface area contributed by atoms with E-state index < -0.39 is 0 Å². The van der Waals surface area contributed by atoms with Gasteiger partial charge >= 0.3 is 0 Å². The van der Waals surface area contributed by atoms with Crippen molar-refractivity contribution in [3.63, 3.8) is 0 Å². The van der Waals surface area contributed by atoms with Crippen LogP contribution < -0.4 is 16.6 Å². The van der Waals surface area contributed by atoms with E-state index >= 15 is 0 Å². The third kappa shape index (κ3) is 4.84. The van der Waals surface area contributed by atoms with Gasteiger partial charge in [-0.3, -0.25) is 10.4 Å². The fourth-order valence-corrected chi connectivity index (χ4v) is 2.04. The topological polar surface area (TPSA) is 62.4 Å². The van der Waals surface area contributed by atoms with Gasteiger partial charge in [-0.25, -0.2) is 5.84 Å². The molecule has 1 aliphatic carbocycles. The van der Waals surface area contributed by atoms with E-state index in [0.717, 1.165) is 12.5 Å². The van der Waals surface area contributed by atoms with E-state index in [2.05, 4.69) is 43.4 Å². The number of hydrogen-bond donors (Lipinski definition) is 3. The van der Waals surface area contributed by atoms with Crippen molar-refractivity contribution in [2.24, 2.45) is 22.2 Å². The van der Waals surface area contributed by atoms with Crippen LogP contribution in [0.25, 0.3) is 0 Å². The van der Waals surface area contributed by atoms with Crippen LogP contribution in [0.4, 0.5) is 0 Å². The molecule has 0 aromatic rings. The lowest BCUT2D eigenvalue weighted by Gasteiger charge is -2.28. The maximum Gasteiger partial charge on any atom is 0.205 e. The maximum absolute atomic E-state index is 5.55. The first-order valence-electron chi connectivity index (χ1n) is 7.23. The molecule has 0 bridgehead atoms. The monoisotopic (exact) mass is 254 g/mol. The van der Waals surface area contributed by atoms with Crippen LogP contribution in [0, 0.1) is 11.3 Å². The summed E-state index contributed by atoms with van der Waals surface area (Å²) in [5.74, 6) is 6.90. The van der Waals surface area contributed by atoms with Crippen LogP contribution in [0.1, 0.15) is 59.8 Å². The summed E-state index contributed by atoms with van der Waals surface area (Å²) < 4.78 is 0. The molecule has 0 atom stereocenters. The molecule has 1 fully saturated rings. The van der Waals surface area contributed by atoms with Crippen LogP contribution in [0.3, 0.4) is 0 Å². The average molecular weight is 254 g/mol. The molecule has 1 saturated carbocycles. The molecule has 106 valence electrons. The van der Waals surface area contributed by atoms with Gasteiger partial charge in [0, 0.05) is 12.6 Å². The molecule has 0 radical (unpaired) electrons. The minimum atomic E-state index is 0.205. The Morgan fingerprint density at radius 3 is 2.39 bits per heavy atom. The molecule has 4 N–H and O–H groups in total. The fraction of sp³-hybridized carbons (Fsp3) is 0.929. The Bertz CT molecular complexity index is 265. The van der Waals surface area contributed by atoms with Crippen LogP contribution in [0.2, 0.25) is 0 Å². The Morgan fingerprint density at radius 1 is 1.28 bits per heavy atom. The van der Waals surface area contributed by atoms with Gasteiger partial charge in [0.1, 0.15) is 0 Å². The van der Waals surface area contributed by atoms with Gasteiger partial charge < -0.3 is 5.32 Å². The molecular weight excluding hydrogens is 224 g/mol. The zero-order valence-corrected chi connectivity index (χ0v) is 12.4. The minimum Gasteiger partial charge on any atom is -0.353 e. The fourth-order valence-electron chi connectivity index (χ4n) is 2.04. The summed E-state index contributed by atoms with van der Waals surface area (Å²) in [5.41, 5.74) is 2.90. The van der Waals surface area contributed by atoms with Crippen molar-refractivity contribution >= 4 is 5.96 Å². The lowest BCUT2D eigenvalue weighted by atomic mass is 9.81. The standard InChI is InChI=1S/C14H30N4/c1-11(2)14(3,4)10-16-13(18-15)17-12-8-6-5-7-9-12/h11-12H,5-10,15H2,1-4H3,(H2,16,17,18). The molecule has 18 heavy (non-hydrogen) atoms. The minimum absolute atomic E-state index is 0.205. The normalized spacial score (nSPS) is 19.1. The van der Waals surface area contributed by atoms with Crippen LogP contribution in [-0.4, -0.2) is 18.5 Å². The number of guanidine groups is 1. The Kier molecular flexibility index (Phi) is 5.93. The molecule has 4 nitrogen and oxygen atoms in total. The van der Waals surface area contributed by atoms with E-state index in [1.54, 1.807) is 0 Å². The number of aliphatic imine (C=N–C) groups is 1. The van der Waals surface area contributed by atoms with Gasteiger partial charge in [0.05, 0.1) is 0 Å². The van der Waals surface area contributed by atoms with Crippen molar-refractivity contribution < 1.29 is 0 Å². The SMILES string of the molecule is CC(C)C(C)(C)CN=C(NN)NC1CCCCC1. The van der Waals surface area contributed by atoms with Crippen molar-refractivity contribution in [3.05, 3.63) is 0 Å². The van der Waals surface area contributed by atoms with Crippen molar-refractivity contribution in [1.82, 2.24) is 10.7 Å². The number of nitrogens with zero attached hydrogens (tertiary/aromatic N) is 1. The van der Waals surface area contributed by atoms with Gasteiger partial charge in [-0.2, -0.15) is 0 Å². The maximum atomic E-state index is 5.55. The van der Waals surface area contributed by atoms with Crippen LogP contribution >= 0.6 is 0 Å². The summed E-state index contributed by atoms with van der Waals surface area (Å²) in [6.45, 7) is 9.76. The molecule has 1 aliphatic rings. The first-order valence-corrected chi connectivity index (χ1v) is 7.23. The van der Waals surface area contributed by atoms with Crippen molar-refractivity contribution in [3.8, 4) is 0 Å². The third-order valence-corrected chi connectivity index (χ3v) is 4.29. The molecule has 0 unspecified atom stereocenters. The highest BCUT2D eigenvalue weighted by Gasteiger charge is 2.22. The first kappa shape index (κ1) is 15.3. The van der Waals surface area contributed by atoms with Gasteiger partial charge in [-0.05, 0) is 24.2 Å². The largest absolute Gasteiger partial charge is 0.353 e. The van der Waals surface area contributed by atoms with Gasteiger partial charge in [-0.1, -0.05) is 47.0 Å². The Labute approximate surface area is 112 Å². The second kappa shape index (κ2) is 6.98. The summed E-state index contributed by atoms with van der Waals surface area (Å²) in [6.07, 6.45) is 6.45. The molecule has 1 rings (SSSR count). The van der Waals surface area contributed by atoms with E-state index in [0.29, 0.717) is 12.0 Å². The molecule has 0 heterocycles. The zero-order valence-electron chi connectivity index (χ0n) is 12.4. The predicted octanol–water partition coefficient (Wildman–Crippen LogP) is 2.41. The summed E-state index contributed by atoms with van der Waals surface area (Å²) >= 11 is 0. The molecule has 0 spiro atoms. The summed E-state index contributed by atoms with van der Waals surface area (Å²) in [4.78, 5) is 4.60. The lowest BCUT2D eigenvalue weighted by Crippen LogP contribution is -2.47. The van der Waals surface area contributed by atoms with Crippen molar-refractivity contribution in [2.45, 2.75) is 65.8 Å². The van der Waals surface area contributed by atoms with Gasteiger partial charge in [0.15, 0.2) is 0 Å².